The molecule has 0 heterocycles. The van der Waals surface area contributed by atoms with E-state index in [1.54, 1.807) is 5.56 Å². The van der Waals surface area contributed by atoms with Crippen LogP contribution in [0.15, 0.2) is 24.3 Å². The molecule has 1 aromatic rings. The Labute approximate surface area is 140 Å². The highest BCUT2D eigenvalue weighted by Crippen LogP contribution is 2.48. The second-order valence-electron chi connectivity index (χ2n) is 7.47. The van der Waals surface area contributed by atoms with Crippen molar-refractivity contribution in [2.45, 2.75) is 79.1 Å². The van der Waals surface area contributed by atoms with Gasteiger partial charge in [0.1, 0.15) is 0 Å². The van der Waals surface area contributed by atoms with E-state index in [1.165, 1.54) is 44.1 Å². The second-order valence-corrected chi connectivity index (χ2v) is 7.47. The maximum Gasteiger partial charge on any atom is 0 e. The smallest absolute Gasteiger partial charge is 0 e. The normalized spacial score (nSPS) is 23.5. The zero-order valence-corrected chi connectivity index (χ0v) is 15.5. The van der Waals surface area contributed by atoms with Crippen LogP contribution in [-0.2, 0) is 0 Å². The van der Waals surface area contributed by atoms with Gasteiger partial charge in [0.15, 0.2) is 0 Å². The molecule has 1 fully saturated rings. The van der Waals surface area contributed by atoms with Crippen LogP contribution in [-0.4, -0.2) is 6.54 Å². The van der Waals surface area contributed by atoms with Gasteiger partial charge in [-0.25, -0.2) is 0 Å². The van der Waals surface area contributed by atoms with Gasteiger partial charge in [0, 0.05) is 1.43 Å². The summed E-state index contributed by atoms with van der Waals surface area (Å²) in [5.74, 6) is 1.61. The van der Waals surface area contributed by atoms with Crippen molar-refractivity contribution < 1.29 is 1.43 Å². The lowest BCUT2D eigenvalue weighted by Gasteiger charge is -2.41. The topological polar surface area (TPSA) is 26.0 Å². The van der Waals surface area contributed by atoms with Crippen molar-refractivity contribution in [3.05, 3.63) is 35.4 Å². The van der Waals surface area contributed by atoms with E-state index < -0.39 is 0 Å². The van der Waals surface area contributed by atoms with Gasteiger partial charge >= 0.3 is 0 Å². The van der Waals surface area contributed by atoms with Gasteiger partial charge in [0.05, 0.1) is 0 Å². The standard InChI is InChI=1S/C19H31N.C2H6.H2/c1-15-7-9-17(10-8-15)18-14-19(2,3)12-11-16(18)6-4-5-13-20;1-2;/h7-10,16,18H,4-6,11-14,20H2,1-3H3;1-2H3;1H/t16-,18-;;/m0../s1. The molecule has 0 aromatic heterocycles. The monoisotopic (exact) mass is 305 g/mol. The summed E-state index contributed by atoms with van der Waals surface area (Å²) in [5, 5.41) is 0. The molecule has 0 amide bonds. The number of unbranched alkanes of at least 4 members (excludes halogenated alkanes) is 1. The minimum atomic E-state index is 0. The summed E-state index contributed by atoms with van der Waals surface area (Å²) in [6.45, 7) is 11.9. The summed E-state index contributed by atoms with van der Waals surface area (Å²) >= 11 is 0. The molecule has 1 aromatic carbocycles. The molecule has 128 valence electrons. The van der Waals surface area contributed by atoms with Gasteiger partial charge in [-0.15, -0.1) is 0 Å². The molecule has 0 saturated heterocycles. The summed E-state index contributed by atoms with van der Waals surface area (Å²) in [6.07, 6.45) is 7.93. The molecule has 0 aliphatic heterocycles. The lowest BCUT2D eigenvalue weighted by molar-refractivity contribution is 0.153. The highest BCUT2D eigenvalue weighted by molar-refractivity contribution is 5.26. The third-order valence-corrected chi connectivity index (χ3v) is 5.07. The largest absolute Gasteiger partial charge is 0.330 e. The molecule has 0 bridgehead atoms. The minimum absolute atomic E-state index is 0. The second kappa shape index (κ2) is 9.35. The number of nitrogens with two attached hydrogens (primary N) is 1. The van der Waals surface area contributed by atoms with Gasteiger partial charge in [-0.05, 0) is 68.4 Å². The zero-order chi connectivity index (χ0) is 16.6. The van der Waals surface area contributed by atoms with Crippen molar-refractivity contribution in [2.24, 2.45) is 17.1 Å². The quantitative estimate of drug-likeness (QED) is 0.634. The Balaban J connectivity index is 0.00000155. The van der Waals surface area contributed by atoms with E-state index in [9.17, 15) is 0 Å². The van der Waals surface area contributed by atoms with Crippen molar-refractivity contribution in [1.82, 2.24) is 0 Å². The van der Waals surface area contributed by atoms with E-state index in [0.717, 1.165) is 18.4 Å². The first-order valence-corrected chi connectivity index (χ1v) is 9.28. The fraction of sp³-hybridized carbons (Fsp3) is 0.714. The molecule has 2 atom stereocenters. The Hall–Kier alpha value is -0.820. The van der Waals surface area contributed by atoms with E-state index in [2.05, 4.69) is 45.0 Å². The molecule has 1 aliphatic rings. The number of aryl methyl sites for hydroxylation is 1. The Morgan fingerprint density at radius 3 is 2.36 bits per heavy atom. The lowest BCUT2D eigenvalue weighted by Crippen LogP contribution is -2.28. The van der Waals surface area contributed by atoms with Crippen LogP contribution in [0, 0.1) is 18.3 Å². The number of hydrogen-bond acceptors (Lipinski definition) is 1. The predicted molar refractivity (Wildman–Crippen MR) is 101 cm³/mol. The summed E-state index contributed by atoms with van der Waals surface area (Å²) in [7, 11) is 0. The number of rotatable bonds is 5. The van der Waals surface area contributed by atoms with Crippen molar-refractivity contribution >= 4 is 0 Å². The third kappa shape index (κ3) is 5.76. The molecule has 2 rings (SSSR count). The molecule has 1 heteroatoms. The molecular weight excluding hydrogens is 266 g/mol. The van der Waals surface area contributed by atoms with Crippen LogP contribution < -0.4 is 5.73 Å². The molecule has 22 heavy (non-hydrogen) atoms. The number of hydrogen-bond donors (Lipinski definition) is 1. The van der Waals surface area contributed by atoms with Crippen LogP contribution >= 0.6 is 0 Å². The van der Waals surface area contributed by atoms with Crippen LogP contribution in [0.2, 0.25) is 0 Å². The average Bonchev–Trinajstić information content (AvgIpc) is 2.51. The van der Waals surface area contributed by atoms with E-state index in [1.807, 2.05) is 13.8 Å². The van der Waals surface area contributed by atoms with Crippen LogP contribution in [0.3, 0.4) is 0 Å². The Kier molecular flexibility index (Phi) is 8.17. The van der Waals surface area contributed by atoms with Gasteiger partial charge in [-0.1, -0.05) is 63.9 Å². The van der Waals surface area contributed by atoms with Crippen molar-refractivity contribution in [2.75, 3.05) is 6.54 Å². The lowest BCUT2D eigenvalue weighted by atomic mass is 9.64. The summed E-state index contributed by atoms with van der Waals surface area (Å²) in [6, 6.07) is 9.26. The average molecular weight is 306 g/mol. The number of benzene rings is 1. The first-order valence-electron chi connectivity index (χ1n) is 9.28. The van der Waals surface area contributed by atoms with Crippen molar-refractivity contribution in [3.63, 3.8) is 0 Å². The maximum atomic E-state index is 5.65. The van der Waals surface area contributed by atoms with Crippen molar-refractivity contribution in [1.29, 1.82) is 0 Å². The Morgan fingerprint density at radius 1 is 1.14 bits per heavy atom. The SMILES string of the molecule is CC.Cc1ccc([C@H]2CC(C)(C)CC[C@@H]2CCCCN)cc1.[HH]. The van der Waals surface area contributed by atoms with Crippen LogP contribution in [0.1, 0.15) is 84.7 Å². The summed E-state index contributed by atoms with van der Waals surface area (Å²) in [4.78, 5) is 0. The van der Waals surface area contributed by atoms with E-state index in [-0.39, 0.29) is 1.43 Å². The van der Waals surface area contributed by atoms with Crippen LogP contribution in [0.25, 0.3) is 0 Å². The fourth-order valence-electron chi connectivity index (χ4n) is 3.74. The van der Waals surface area contributed by atoms with E-state index >= 15 is 0 Å². The van der Waals surface area contributed by atoms with Crippen LogP contribution in [0.4, 0.5) is 0 Å². The molecule has 0 unspecified atom stereocenters. The zero-order valence-electron chi connectivity index (χ0n) is 15.5. The maximum absolute atomic E-state index is 5.65. The Morgan fingerprint density at radius 2 is 1.77 bits per heavy atom. The highest BCUT2D eigenvalue weighted by atomic mass is 14.5. The van der Waals surface area contributed by atoms with Gasteiger partial charge in [-0.3, -0.25) is 0 Å². The summed E-state index contributed by atoms with van der Waals surface area (Å²) in [5.41, 5.74) is 9.07. The molecule has 0 spiro atoms. The molecule has 2 N–H and O–H groups in total. The molecule has 1 aliphatic carbocycles. The molecule has 1 nitrogen and oxygen atoms in total. The van der Waals surface area contributed by atoms with Gasteiger partial charge in [0.2, 0.25) is 0 Å². The fourth-order valence-corrected chi connectivity index (χ4v) is 3.74. The van der Waals surface area contributed by atoms with Crippen LogP contribution in [0.5, 0.6) is 0 Å². The van der Waals surface area contributed by atoms with Gasteiger partial charge < -0.3 is 5.73 Å². The van der Waals surface area contributed by atoms with Crippen molar-refractivity contribution in [3.8, 4) is 0 Å². The van der Waals surface area contributed by atoms with Gasteiger partial charge in [-0.2, -0.15) is 0 Å². The Bertz CT molecular complexity index is 410. The molecule has 1 saturated carbocycles. The first kappa shape index (κ1) is 19.2. The molecular formula is C21H39N. The first-order chi connectivity index (χ1) is 10.5. The summed E-state index contributed by atoms with van der Waals surface area (Å²) < 4.78 is 0. The molecule has 0 radical (unpaired) electrons. The minimum Gasteiger partial charge on any atom is -0.330 e. The third-order valence-electron chi connectivity index (χ3n) is 5.07. The van der Waals surface area contributed by atoms with E-state index in [4.69, 9.17) is 5.73 Å². The predicted octanol–water partition coefficient (Wildman–Crippen LogP) is 6.31. The highest BCUT2D eigenvalue weighted by Gasteiger charge is 2.35. The van der Waals surface area contributed by atoms with E-state index in [0.29, 0.717) is 5.41 Å². The van der Waals surface area contributed by atoms with Gasteiger partial charge in [0.25, 0.3) is 0 Å².